The normalized spacial score (nSPS) is 10.5. The van der Waals surface area contributed by atoms with Gasteiger partial charge in [0, 0.05) is 22.5 Å². The summed E-state index contributed by atoms with van der Waals surface area (Å²) >= 11 is 6.07. The van der Waals surface area contributed by atoms with Crippen molar-refractivity contribution in [1.82, 2.24) is 9.97 Å². The van der Waals surface area contributed by atoms with Gasteiger partial charge >= 0.3 is 0 Å². The lowest BCUT2D eigenvalue weighted by molar-refractivity contribution is 0.102. The maximum atomic E-state index is 13.2. The van der Waals surface area contributed by atoms with Crippen molar-refractivity contribution in [3.05, 3.63) is 76.7 Å². The molecule has 8 heteroatoms. The molecular weight excluding hydrogens is 362 g/mol. The van der Waals surface area contributed by atoms with Crippen molar-refractivity contribution in [3.8, 4) is 0 Å². The molecule has 0 radical (unpaired) electrons. The lowest BCUT2D eigenvalue weighted by Crippen LogP contribution is -2.14. The standard InChI is InChI=1S/C18H13ClF2N4O/c1-10-2-3-11(6-13(10)19)24-17-9-22-16(8-23-17)18(26)25-12-4-5-14(20)15(21)7-12/h2-9H,1H3,(H,23,24)(H,25,26). The van der Waals surface area contributed by atoms with Crippen molar-refractivity contribution in [1.29, 1.82) is 0 Å². The molecule has 26 heavy (non-hydrogen) atoms. The van der Waals surface area contributed by atoms with Gasteiger partial charge in [0.15, 0.2) is 11.6 Å². The first-order valence-corrected chi connectivity index (χ1v) is 7.92. The fourth-order valence-corrected chi connectivity index (χ4v) is 2.28. The Bertz CT molecular complexity index is 964. The Morgan fingerprint density at radius 1 is 1.00 bits per heavy atom. The predicted octanol–water partition coefficient (Wildman–Crippen LogP) is 4.71. The van der Waals surface area contributed by atoms with Crippen LogP contribution in [0.4, 0.5) is 26.0 Å². The van der Waals surface area contributed by atoms with Crippen molar-refractivity contribution in [3.63, 3.8) is 0 Å². The van der Waals surface area contributed by atoms with E-state index in [2.05, 4.69) is 20.6 Å². The number of halogens is 3. The first-order valence-electron chi connectivity index (χ1n) is 7.54. The number of hydrogen-bond donors (Lipinski definition) is 2. The molecule has 0 unspecified atom stereocenters. The molecule has 3 rings (SSSR count). The van der Waals surface area contributed by atoms with Crippen LogP contribution in [0, 0.1) is 18.6 Å². The minimum atomic E-state index is -1.05. The Kier molecular flexibility index (Phi) is 5.09. The minimum absolute atomic E-state index is 0.0298. The van der Waals surface area contributed by atoms with Crippen LogP contribution in [-0.2, 0) is 0 Å². The fraction of sp³-hybridized carbons (Fsp3) is 0.0556. The summed E-state index contributed by atoms with van der Waals surface area (Å²) in [4.78, 5) is 20.2. The zero-order valence-electron chi connectivity index (χ0n) is 13.6. The van der Waals surface area contributed by atoms with Gasteiger partial charge in [-0.2, -0.15) is 0 Å². The topological polar surface area (TPSA) is 66.9 Å². The number of nitrogens with one attached hydrogen (secondary N) is 2. The second-order valence-electron chi connectivity index (χ2n) is 5.46. The van der Waals surface area contributed by atoms with Gasteiger partial charge in [0.2, 0.25) is 0 Å². The Balaban J connectivity index is 1.69. The molecule has 0 bridgehead atoms. The molecule has 0 saturated heterocycles. The average Bonchev–Trinajstić information content (AvgIpc) is 2.62. The van der Waals surface area contributed by atoms with E-state index >= 15 is 0 Å². The maximum absolute atomic E-state index is 13.2. The van der Waals surface area contributed by atoms with E-state index in [9.17, 15) is 13.6 Å². The summed E-state index contributed by atoms with van der Waals surface area (Å²) < 4.78 is 26.1. The molecule has 0 saturated carbocycles. The maximum Gasteiger partial charge on any atom is 0.275 e. The van der Waals surface area contributed by atoms with Crippen LogP contribution in [0.1, 0.15) is 16.1 Å². The predicted molar refractivity (Wildman–Crippen MR) is 95.8 cm³/mol. The Hall–Kier alpha value is -3.06. The molecule has 3 aromatic rings. The van der Waals surface area contributed by atoms with Crippen molar-refractivity contribution >= 4 is 34.7 Å². The van der Waals surface area contributed by atoms with E-state index in [1.807, 2.05) is 19.1 Å². The number of anilines is 3. The van der Waals surface area contributed by atoms with Crippen LogP contribution in [0.25, 0.3) is 0 Å². The molecular formula is C18H13ClF2N4O. The van der Waals surface area contributed by atoms with Crippen molar-refractivity contribution < 1.29 is 13.6 Å². The summed E-state index contributed by atoms with van der Waals surface area (Å²) in [5.74, 6) is -2.21. The van der Waals surface area contributed by atoms with Crippen LogP contribution in [0.3, 0.4) is 0 Å². The van der Waals surface area contributed by atoms with Gasteiger partial charge in [-0.15, -0.1) is 0 Å². The van der Waals surface area contributed by atoms with E-state index in [0.717, 1.165) is 23.4 Å². The Morgan fingerprint density at radius 3 is 2.42 bits per heavy atom. The number of carbonyl (C=O) groups excluding carboxylic acids is 1. The molecule has 0 aliphatic rings. The smallest absolute Gasteiger partial charge is 0.275 e. The van der Waals surface area contributed by atoms with Gasteiger partial charge in [0.25, 0.3) is 5.91 Å². The Morgan fingerprint density at radius 2 is 1.77 bits per heavy atom. The van der Waals surface area contributed by atoms with Crippen molar-refractivity contribution in [2.24, 2.45) is 0 Å². The van der Waals surface area contributed by atoms with Crippen LogP contribution in [0.5, 0.6) is 0 Å². The monoisotopic (exact) mass is 374 g/mol. The van der Waals surface area contributed by atoms with Gasteiger partial charge in [-0.05, 0) is 36.8 Å². The van der Waals surface area contributed by atoms with Gasteiger partial charge in [-0.3, -0.25) is 4.79 Å². The number of aromatic nitrogens is 2. The molecule has 1 aromatic heterocycles. The second kappa shape index (κ2) is 7.45. The van der Waals surface area contributed by atoms with Gasteiger partial charge in [-0.1, -0.05) is 17.7 Å². The van der Waals surface area contributed by atoms with E-state index in [0.29, 0.717) is 10.8 Å². The molecule has 5 nitrogen and oxygen atoms in total. The van der Waals surface area contributed by atoms with E-state index in [1.54, 1.807) is 6.07 Å². The first-order chi connectivity index (χ1) is 12.4. The second-order valence-corrected chi connectivity index (χ2v) is 5.87. The zero-order valence-corrected chi connectivity index (χ0v) is 14.3. The number of benzene rings is 2. The van der Waals surface area contributed by atoms with Gasteiger partial charge in [-0.25, -0.2) is 18.7 Å². The van der Waals surface area contributed by atoms with Crippen molar-refractivity contribution in [2.45, 2.75) is 6.92 Å². The third kappa shape index (κ3) is 4.12. The molecule has 2 aromatic carbocycles. The molecule has 132 valence electrons. The van der Waals surface area contributed by atoms with E-state index in [4.69, 9.17) is 11.6 Å². The van der Waals surface area contributed by atoms with E-state index in [-0.39, 0.29) is 11.4 Å². The highest BCUT2D eigenvalue weighted by Gasteiger charge is 2.10. The highest BCUT2D eigenvalue weighted by molar-refractivity contribution is 6.31. The minimum Gasteiger partial charge on any atom is -0.339 e. The summed E-state index contributed by atoms with van der Waals surface area (Å²) in [6.07, 6.45) is 2.65. The summed E-state index contributed by atoms with van der Waals surface area (Å²) in [6.45, 7) is 1.90. The van der Waals surface area contributed by atoms with E-state index < -0.39 is 17.5 Å². The first kappa shape index (κ1) is 17.8. The Labute approximate surface area is 153 Å². The lowest BCUT2D eigenvalue weighted by atomic mass is 10.2. The molecule has 1 heterocycles. The SMILES string of the molecule is Cc1ccc(Nc2cnc(C(=O)Nc3ccc(F)c(F)c3)cn2)cc1Cl. The summed E-state index contributed by atoms with van der Waals surface area (Å²) in [7, 11) is 0. The summed E-state index contributed by atoms with van der Waals surface area (Å²) in [5, 5.41) is 6.06. The number of carbonyl (C=O) groups is 1. The number of amides is 1. The van der Waals surface area contributed by atoms with Gasteiger partial charge < -0.3 is 10.6 Å². The molecule has 0 aliphatic heterocycles. The number of rotatable bonds is 4. The number of hydrogen-bond acceptors (Lipinski definition) is 4. The van der Waals surface area contributed by atoms with Crippen LogP contribution in [-0.4, -0.2) is 15.9 Å². The molecule has 2 N–H and O–H groups in total. The van der Waals surface area contributed by atoms with Crippen LogP contribution >= 0.6 is 11.6 Å². The summed E-state index contributed by atoms with van der Waals surface area (Å²) in [5.41, 5.74) is 1.83. The quantitative estimate of drug-likeness (QED) is 0.694. The number of aryl methyl sites for hydroxylation is 1. The van der Waals surface area contributed by atoms with Crippen LogP contribution in [0.15, 0.2) is 48.8 Å². The molecule has 0 fully saturated rings. The summed E-state index contributed by atoms with van der Waals surface area (Å²) in [6, 6.07) is 8.52. The molecule has 0 spiro atoms. The number of nitrogens with zero attached hydrogens (tertiary/aromatic N) is 2. The van der Waals surface area contributed by atoms with E-state index in [1.165, 1.54) is 18.5 Å². The van der Waals surface area contributed by atoms with Gasteiger partial charge in [0.1, 0.15) is 11.5 Å². The van der Waals surface area contributed by atoms with Crippen LogP contribution in [0.2, 0.25) is 5.02 Å². The molecule has 1 amide bonds. The molecule has 0 aliphatic carbocycles. The largest absolute Gasteiger partial charge is 0.339 e. The highest BCUT2D eigenvalue weighted by Crippen LogP contribution is 2.22. The highest BCUT2D eigenvalue weighted by atomic mass is 35.5. The third-order valence-corrected chi connectivity index (χ3v) is 3.91. The van der Waals surface area contributed by atoms with Gasteiger partial charge in [0.05, 0.1) is 12.4 Å². The molecule has 0 atom stereocenters. The zero-order chi connectivity index (χ0) is 18.7. The fourth-order valence-electron chi connectivity index (χ4n) is 2.10. The van der Waals surface area contributed by atoms with Crippen molar-refractivity contribution in [2.75, 3.05) is 10.6 Å². The van der Waals surface area contributed by atoms with Crippen LogP contribution < -0.4 is 10.6 Å². The average molecular weight is 375 g/mol. The third-order valence-electron chi connectivity index (χ3n) is 3.51. The lowest BCUT2D eigenvalue weighted by Gasteiger charge is -2.08.